The van der Waals surface area contributed by atoms with E-state index >= 15 is 0 Å². The van der Waals surface area contributed by atoms with Crippen LogP contribution in [-0.2, 0) is 4.79 Å². The van der Waals surface area contributed by atoms with Crippen LogP contribution in [0.25, 0.3) is 0 Å². The molecule has 0 aliphatic carbocycles. The van der Waals surface area contributed by atoms with Crippen molar-refractivity contribution in [2.24, 2.45) is 5.73 Å². The van der Waals surface area contributed by atoms with Crippen LogP contribution in [0.4, 0.5) is 0 Å². The van der Waals surface area contributed by atoms with Crippen molar-refractivity contribution < 1.29 is 4.79 Å². The van der Waals surface area contributed by atoms with E-state index in [-0.39, 0.29) is 5.91 Å². The normalized spacial score (nSPS) is 25.0. The molecule has 0 spiro atoms. The minimum Gasteiger partial charge on any atom is -0.370 e. The molecule has 1 heterocycles. The van der Waals surface area contributed by atoms with Crippen molar-refractivity contribution in [3.05, 3.63) is 0 Å². The van der Waals surface area contributed by atoms with Gasteiger partial charge in [-0.2, -0.15) is 0 Å². The standard InChI is InChI=1S/C7H13N2O/c8-7(10)4-3-6-2-1-5-9-6/h6H,1-5H2,(H2,8,10). The third kappa shape index (κ3) is 2.35. The van der Waals surface area contributed by atoms with Crippen LogP contribution in [0.3, 0.4) is 0 Å². The van der Waals surface area contributed by atoms with Crippen molar-refractivity contribution >= 4 is 5.91 Å². The molecule has 0 aromatic carbocycles. The Morgan fingerprint density at radius 2 is 2.50 bits per heavy atom. The first kappa shape index (κ1) is 7.54. The van der Waals surface area contributed by atoms with Gasteiger partial charge in [0.2, 0.25) is 5.91 Å². The first-order valence-corrected chi connectivity index (χ1v) is 3.74. The fourth-order valence-electron chi connectivity index (χ4n) is 1.24. The highest BCUT2D eigenvalue weighted by Gasteiger charge is 2.15. The molecule has 1 amide bonds. The highest BCUT2D eigenvalue weighted by atomic mass is 16.1. The van der Waals surface area contributed by atoms with Gasteiger partial charge in [-0.3, -0.25) is 4.79 Å². The molecular formula is C7H13N2O. The molecule has 0 aromatic heterocycles. The summed E-state index contributed by atoms with van der Waals surface area (Å²) in [5.41, 5.74) is 4.99. The molecule has 57 valence electrons. The quantitative estimate of drug-likeness (QED) is 0.591. The van der Waals surface area contributed by atoms with Crippen molar-refractivity contribution in [1.82, 2.24) is 5.32 Å². The summed E-state index contributed by atoms with van der Waals surface area (Å²) in [7, 11) is 0. The molecule has 3 heteroatoms. The number of hydrogen-bond acceptors (Lipinski definition) is 1. The number of carbonyl (C=O) groups is 1. The number of rotatable bonds is 3. The third-order valence-electron chi connectivity index (χ3n) is 1.81. The fraction of sp³-hybridized carbons (Fsp3) is 0.857. The lowest BCUT2D eigenvalue weighted by molar-refractivity contribution is -0.118. The molecule has 2 N–H and O–H groups in total. The predicted octanol–water partition coefficient (Wildman–Crippen LogP) is 0.0187. The monoisotopic (exact) mass is 141 g/mol. The summed E-state index contributed by atoms with van der Waals surface area (Å²) in [6.45, 7) is 0.976. The summed E-state index contributed by atoms with van der Waals surface area (Å²) in [5.74, 6) is -0.206. The van der Waals surface area contributed by atoms with Crippen LogP contribution in [0.2, 0.25) is 0 Å². The summed E-state index contributed by atoms with van der Waals surface area (Å²) in [6.07, 6.45) is 3.68. The van der Waals surface area contributed by atoms with Gasteiger partial charge in [0.1, 0.15) is 0 Å². The van der Waals surface area contributed by atoms with E-state index in [0.717, 1.165) is 19.4 Å². The van der Waals surface area contributed by atoms with E-state index in [2.05, 4.69) is 5.32 Å². The molecule has 3 nitrogen and oxygen atoms in total. The van der Waals surface area contributed by atoms with Crippen molar-refractivity contribution in [3.8, 4) is 0 Å². The fourth-order valence-corrected chi connectivity index (χ4v) is 1.24. The number of amides is 1. The zero-order chi connectivity index (χ0) is 7.40. The van der Waals surface area contributed by atoms with Gasteiger partial charge < -0.3 is 5.73 Å². The van der Waals surface area contributed by atoms with Gasteiger partial charge in [-0.1, -0.05) is 0 Å². The number of nitrogens with zero attached hydrogens (tertiary/aromatic N) is 1. The van der Waals surface area contributed by atoms with Gasteiger partial charge in [-0.15, -0.1) is 0 Å². The van der Waals surface area contributed by atoms with Crippen molar-refractivity contribution in [2.45, 2.75) is 31.7 Å². The molecule has 1 unspecified atom stereocenters. The van der Waals surface area contributed by atoms with Gasteiger partial charge in [-0.25, -0.2) is 5.32 Å². The minimum atomic E-state index is -0.206. The van der Waals surface area contributed by atoms with E-state index in [0.29, 0.717) is 12.5 Å². The molecule has 1 atom stereocenters. The number of carbonyl (C=O) groups excluding carboxylic acids is 1. The van der Waals surface area contributed by atoms with E-state index in [9.17, 15) is 4.79 Å². The van der Waals surface area contributed by atoms with E-state index in [1.54, 1.807) is 0 Å². The van der Waals surface area contributed by atoms with Crippen molar-refractivity contribution in [1.29, 1.82) is 0 Å². The van der Waals surface area contributed by atoms with Gasteiger partial charge in [0.25, 0.3) is 0 Å². The number of hydrogen-bond donors (Lipinski definition) is 1. The molecule has 0 saturated carbocycles. The summed E-state index contributed by atoms with van der Waals surface area (Å²) >= 11 is 0. The maximum atomic E-state index is 10.3. The van der Waals surface area contributed by atoms with Crippen LogP contribution in [0.5, 0.6) is 0 Å². The smallest absolute Gasteiger partial charge is 0.217 e. The first-order valence-electron chi connectivity index (χ1n) is 3.74. The van der Waals surface area contributed by atoms with Crippen molar-refractivity contribution in [3.63, 3.8) is 0 Å². The summed E-state index contributed by atoms with van der Waals surface area (Å²) in [4.78, 5) is 10.3. The van der Waals surface area contributed by atoms with E-state index in [4.69, 9.17) is 5.73 Å². The molecule has 0 aromatic rings. The summed E-state index contributed by atoms with van der Waals surface area (Å²) in [6, 6.07) is 0.424. The maximum absolute atomic E-state index is 10.3. The van der Waals surface area contributed by atoms with E-state index in [1.807, 2.05) is 0 Å². The molecule has 0 bridgehead atoms. The van der Waals surface area contributed by atoms with Crippen LogP contribution in [0.15, 0.2) is 0 Å². The van der Waals surface area contributed by atoms with E-state index in [1.165, 1.54) is 6.42 Å². The molecule has 1 rings (SSSR count). The van der Waals surface area contributed by atoms with Gasteiger partial charge >= 0.3 is 0 Å². The van der Waals surface area contributed by atoms with Crippen molar-refractivity contribution in [2.75, 3.05) is 6.54 Å². The average Bonchev–Trinajstić information content (AvgIpc) is 2.34. The second kappa shape index (κ2) is 3.56. The SMILES string of the molecule is NC(=O)CCC1CCC[N]1. The molecule has 1 radical (unpaired) electrons. The second-order valence-electron chi connectivity index (χ2n) is 2.71. The molecule has 1 fully saturated rings. The first-order chi connectivity index (χ1) is 4.79. The Balaban J connectivity index is 2.07. The topological polar surface area (TPSA) is 57.2 Å². The van der Waals surface area contributed by atoms with E-state index < -0.39 is 0 Å². The van der Waals surface area contributed by atoms with Crippen LogP contribution < -0.4 is 11.1 Å². The Labute approximate surface area is 61.0 Å². The average molecular weight is 141 g/mol. The minimum absolute atomic E-state index is 0.206. The lowest BCUT2D eigenvalue weighted by Gasteiger charge is -2.04. The highest BCUT2D eigenvalue weighted by Crippen LogP contribution is 2.11. The van der Waals surface area contributed by atoms with Gasteiger partial charge in [0.15, 0.2) is 0 Å². The Morgan fingerprint density at radius 3 is 3.00 bits per heavy atom. The van der Waals surface area contributed by atoms with Crippen LogP contribution in [0, 0.1) is 0 Å². The Bertz CT molecular complexity index is 119. The molecule has 1 saturated heterocycles. The van der Waals surface area contributed by atoms with Gasteiger partial charge in [-0.05, 0) is 19.3 Å². The zero-order valence-corrected chi connectivity index (χ0v) is 6.05. The third-order valence-corrected chi connectivity index (χ3v) is 1.81. The Morgan fingerprint density at radius 1 is 1.70 bits per heavy atom. The maximum Gasteiger partial charge on any atom is 0.217 e. The second-order valence-corrected chi connectivity index (χ2v) is 2.71. The highest BCUT2D eigenvalue weighted by molar-refractivity contribution is 5.73. The summed E-state index contributed by atoms with van der Waals surface area (Å²) in [5, 5.41) is 4.30. The van der Waals surface area contributed by atoms with Crippen LogP contribution in [0.1, 0.15) is 25.7 Å². The largest absolute Gasteiger partial charge is 0.370 e. The predicted molar refractivity (Wildman–Crippen MR) is 38.5 cm³/mol. The molecule has 10 heavy (non-hydrogen) atoms. The Kier molecular flexibility index (Phi) is 2.68. The van der Waals surface area contributed by atoms with Crippen LogP contribution in [-0.4, -0.2) is 18.5 Å². The van der Waals surface area contributed by atoms with Crippen LogP contribution >= 0.6 is 0 Å². The Hall–Kier alpha value is -0.570. The lowest BCUT2D eigenvalue weighted by atomic mass is 10.1. The lowest BCUT2D eigenvalue weighted by Crippen LogP contribution is -2.18. The number of primary amides is 1. The van der Waals surface area contributed by atoms with Gasteiger partial charge in [0.05, 0.1) is 0 Å². The molecule has 1 aliphatic heterocycles. The van der Waals surface area contributed by atoms with Gasteiger partial charge in [0, 0.05) is 19.0 Å². The molecule has 1 aliphatic rings. The summed E-state index contributed by atoms with van der Waals surface area (Å²) < 4.78 is 0. The number of nitrogens with two attached hydrogens (primary N) is 1. The molecular weight excluding hydrogens is 128 g/mol. The zero-order valence-electron chi connectivity index (χ0n) is 6.05.